The maximum Gasteiger partial charge on any atom is 0.407 e. The maximum absolute atomic E-state index is 14.7. The molecule has 2 saturated carbocycles. The number of aliphatic hydroxyl groups excluding tert-OH is 1. The summed E-state index contributed by atoms with van der Waals surface area (Å²) in [5.74, 6) is -1.03. The number of hydrogen-bond acceptors (Lipinski definition) is 10. The zero-order chi connectivity index (χ0) is 35.9. The Bertz CT molecular complexity index is 1480. The lowest BCUT2D eigenvalue weighted by atomic mass is 9.91. The Balaban J connectivity index is 1.47. The van der Waals surface area contributed by atoms with Crippen LogP contribution in [0.15, 0.2) is 41.8 Å². The Morgan fingerprint density at radius 2 is 1.76 bits per heavy atom. The summed E-state index contributed by atoms with van der Waals surface area (Å²) in [4.78, 5) is 43.8. The molecule has 3 fully saturated rings. The summed E-state index contributed by atoms with van der Waals surface area (Å²) < 4.78 is 34.5. The van der Waals surface area contributed by atoms with Crippen molar-refractivity contribution in [1.82, 2.24) is 20.9 Å². The van der Waals surface area contributed by atoms with Crippen molar-refractivity contribution in [2.45, 2.75) is 137 Å². The molecule has 2 amide bonds. The number of Topliss-reactive ketones (excluding diaryl/α,β-unsaturated/α-hetero) is 1. The topological polar surface area (TPSA) is 166 Å². The number of alkyl carbamates (subject to hydrolysis) is 1. The minimum Gasteiger partial charge on any atom is -0.446 e. The minimum absolute atomic E-state index is 0.0564. The number of nitrogens with one attached hydrogen (secondary N) is 4. The minimum atomic E-state index is -4.21. The Morgan fingerprint density at radius 1 is 1.06 bits per heavy atom. The number of amides is 2. The Morgan fingerprint density at radius 3 is 2.46 bits per heavy atom. The lowest BCUT2D eigenvalue weighted by molar-refractivity contribution is -0.135. The molecule has 1 saturated heterocycles. The van der Waals surface area contributed by atoms with E-state index in [4.69, 9.17) is 4.74 Å². The predicted molar refractivity (Wildman–Crippen MR) is 192 cm³/mol. The van der Waals surface area contributed by atoms with Crippen LogP contribution >= 0.6 is 0 Å². The number of carbonyl (C=O) groups is 3. The van der Waals surface area contributed by atoms with Gasteiger partial charge in [0.05, 0.1) is 22.7 Å². The zero-order valence-electron chi connectivity index (χ0n) is 29.8. The van der Waals surface area contributed by atoms with Gasteiger partial charge in [0, 0.05) is 25.0 Å². The van der Waals surface area contributed by atoms with Crippen LogP contribution in [0, 0.1) is 5.41 Å². The van der Waals surface area contributed by atoms with Crippen molar-refractivity contribution in [3.05, 3.63) is 36.9 Å². The standard InChI is InChI=1S/C37H57N5O7S/c1-4-36(5-2)25-37(36)32(43)31(24-38-3)50(47,48)30-21-13-12-18-27(30)39-22-14-8-6-7-9-19-28(40-35(46)49-26-16-10-11-17-26)34(45)42-23-15-20-29(42)33(44)41-37/h4,12-13,18,21,26,28-29,31,34,38-39,45H,1,5-11,14-17,19-20,22-25H2,2-3H3,(H,40,46)(H,41,44)/t28-,29-,31?,34?,36-,37-/m0/s1. The summed E-state index contributed by atoms with van der Waals surface area (Å²) in [6.45, 7) is 6.75. The molecule has 1 spiro atoms. The van der Waals surface area contributed by atoms with E-state index in [9.17, 15) is 27.9 Å². The molecule has 0 aromatic heterocycles. The largest absolute Gasteiger partial charge is 0.446 e. The van der Waals surface area contributed by atoms with Gasteiger partial charge in [-0.1, -0.05) is 50.8 Å². The summed E-state index contributed by atoms with van der Waals surface area (Å²) >= 11 is 0. The molecule has 2 aliphatic carbocycles. The van der Waals surface area contributed by atoms with E-state index in [1.54, 1.807) is 36.2 Å². The van der Waals surface area contributed by atoms with Crippen molar-refractivity contribution in [3.63, 3.8) is 0 Å². The van der Waals surface area contributed by atoms with Crippen LogP contribution in [0.3, 0.4) is 0 Å². The molecule has 50 heavy (non-hydrogen) atoms. The van der Waals surface area contributed by atoms with Crippen molar-refractivity contribution in [2.24, 2.45) is 5.41 Å². The number of aliphatic hydroxyl groups is 1. The number of fused-ring (bicyclic) bond motifs is 2. The van der Waals surface area contributed by atoms with E-state index >= 15 is 0 Å². The van der Waals surface area contributed by atoms with E-state index in [2.05, 4.69) is 27.8 Å². The van der Waals surface area contributed by atoms with Crippen LogP contribution in [0.25, 0.3) is 0 Å². The number of ketones is 1. The average Bonchev–Trinajstić information content (AvgIpc) is 3.44. The highest BCUT2D eigenvalue weighted by Gasteiger charge is 2.72. The highest BCUT2D eigenvalue weighted by atomic mass is 32.2. The molecular weight excluding hydrogens is 659 g/mol. The van der Waals surface area contributed by atoms with Crippen LogP contribution < -0.4 is 21.3 Å². The Labute approximate surface area is 297 Å². The molecule has 12 nitrogen and oxygen atoms in total. The summed E-state index contributed by atoms with van der Waals surface area (Å²) in [5.41, 5.74) is -1.86. The maximum atomic E-state index is 14.7. The third-order valence-corrected chi connectivity index (χ3v) is 13.6. The molecule has 2 aliphatic heterocycles. The molecule has 5 N–H and O–H groups in total. The Kier molecular flexibility index (Phi) is 12.7. The van der Waals surface area contributed by atoms with Crippen molar-refractivity contribution in [1.29, 1.82) is 0 Å². The van der Waals surface area contributed by atoms with E-state index in [0.29, 0.717) is 44.5 Å². The molecule has 13 heteroatoms. The molecule has 5 rings (SSSR count). The number of sulfone groups is 1. The van der Waals surface area contributed by atoms with E-state index in [0.717, 1.165) is 57.8 Å². The zero-order valence-corrected chi connectivity index (χ0v) is 30.6. The lowest BCUT2D eigenvalue weighted by Crippen LogP contribution is -2.60. The second kappa shape index (κ2) is 16.6. The highest BCUT2D eigenvalue weighted by Crippen LogP contribution is 2.61. The van der Waals surface area contributed by atoms with Crippen LogP contribution in [0.2, 0.25) is 0 Å². The van der Waals surface area contributed by atoms with Crippen molar-refractivity contribution < 1.29 is 32.6 Å². The van der Waals surface area contributed by atoms with Gasteiger partial charge in [-0.25, -0.2) is 13.2 Å². The van der Waals surface area contributed by atoms with Gasteiger partial charge in [-0.3, -0.25) is 14.5 Å². The first kappa shape index (κ1) is 38.2. The van der Waals surface area contributed by atoms with Gasteiger partial charge in [-0.2, -0.15) is 0 Å². The van der Waals surface area contributed by atoms with Crippen molar-refractivity contribution >= 4 is 33.3 Å². The number of para-hydroxylation sites is 1. The first-order valence-electron chi connectivity index (χ1n) is 18.7. The summed E-state index contributed by atoms with van der Waals surface area (Å²) in [6.07, 6.45) is 10.1. The van der Waals surface area contributed by atoms with Crippen LogP contribution in [0.4, 0.5) is 10.5 Å². The molecule has 1 aromatic carbocycles. The number of ether oxygens (including phenoxy) is 1. The molecule has 2 heterocycles. The van der Waals surface area contributed by atoms with E-state index < -0.39 is 62.1 Å². The van der Waals surface area contributed by atoms with E-state index in [1.165, 1.54) is 6.07 Å². The molecular formula is C37H57N5O7S. The molecule has 278 valence electrons. The fourth-order valence-electron chi connectivity index (χ4n) is 8.42. The molecule has 4 aliphatic rings. The van der Waals surface area contributed by atoms with Gasteiger partial charge in [0.25, 0.3) is 0 Å². The van der Waals surface area contributed by atoms with Gasteiger partial charge in [-0.15, -0.1) is 6.58 Å². The molecule has 2 unspecified atom stereocenters. The fraction of sp³-hybridized carbons (Fsp3) is 0.703. The normalized spacial score (nSPS) is 33.0. The van der Waals surface area contributed by atoms with Crippen LogP contribution in [-0.4, -0.2) is 98.1 Å². The second-order valence-corrected chi connectivity index (χ2v) is 16.7. The first-order chi connectivity index (χ1) is 24.0. The van der Waals surface area contributed by atoms with Crippen LogP contribution in [0.5, 0.6) is 0 Å². The molecule has 6 atom stereocenters. The van der Waals surface area contributed by atoms with Crippen molar-refractivity contribution in [3.8, 4) is 0 Å². The second-order valence-electron chi connectivity index (χ2n) is 14.6. The van der Waals surface area contributed by atoms with Gasteiger partial charge in [-0.05, 0) is 83.4 Å². The monoisotopic (exact) mass is 715 g/mol. The van der Waals surface area contributed by atoms with E-state index in [-0.39, 0.29) is 24.0 Å². The fourth-order valence-corrected chi connectivity index (χ4v) is 10.3. The molecule has 0 bridgehead atoms. The summed E-state index contributed by atoms with van der Waals surface area (Å²) in [7, 11) is -2.61. The summed E-state index contributed by atoms with van der Waals surface area (Å²) in [6, 6.07) is 5.24. The number of hydrogen-bond donors (Lipinski definition) is 5. The Hall–Kier alpha value is -3.00. The highest BCUT2D eigenvalue weighted by molar-refractivity contribution is 7.93. The third kappa shape index (κ3) is 7.90. The number of rotatable bonds is 6. The SMILES string of the molecule is C=C[C@]1(CC)C[C@@]12NC(=O)[C@@H]1CCCN1C(O)[C@@H](NC(=O)OC1CCCC1)CCCCCCCNc1ccccc1S(=O)(=O)C(CNC)C2=O. The van der Waals surface area contributed by atoms with Crippen LogP contribution in [0.1, 0.15) is 96.8 Å². The third-order valence-electron chi connectivity index (χ3n) is 11.5. The van der Waals surface area contributed by atoms with Gasteiger partial charge in [0.15, 0.2) is 15.6 Å². The number of anilines is 1. The summed E-state index contributed by atoms with van der Waals surface area (Å²) in [5, 5.41) is 22.5. The molecule has 0 radical (unpaired) electrons. The number of nitrogens with zero attached hydrogens (tertiary/aromatic N) is 1. The lowest BCUT2D eigenvalue weighted by Gasteiger charge is -2.36. The van der Waals surface area contributed by atoms with Gasteiger partial charge >= 0.3 is 6.09 Å². The first-order valence-corrected chi connectivity index (χ1v) is 20.2. The number of carbonyl (C=O) groups excluding carboxylic acids is 3. The van der Waals surface area contributed by atoms with Crippen molar-refractivity contribution in [2.75, 3.05) is 32.0 Å². The van der Waals surface area contributed by atoms with E-state index in [1.807, 2.05) is 6.92 Å². The average molecular weight is 716 g/mol. The van der Waals surface area contributed by atoms with Gasteiger partial charge in [0.2, 0.25) is 5.91 Å². The predicted octanol–water partition coefficient (Wildman–Crippen LogP) is 4.04. The van der Waals surface area contributed by atoms with Gasteiger partial charge in [0.1, 0.15) is 23.1 Å². The van der Waals surface area contributed by atoms with Crippen LogP contribution in [-0.2, 0) is 24.2 Å². The molecule has 1 aromatic rings. The number of benzene rings is 1. The quantitative estimate of drug-likeness (QED) is 0.272. The van der Waals surface area contributed by atoms with Gasteiger partial charge < -0.3 is 31.1 Å². The smallest absolute Gasteiger partial charge is 0.407 e.